The van der Waals surface area contributed by atoms with Crippen LogP contribution in [0.1, 0.15) is 24.8 Å². The lowest BCUT2D eigenvalue weighted by atomic mass is 9.97. The van der Waals surface area contributed by atoms with Gasteiger partial charge in [0, 0.05) is 36.9 Å². The number of benzene rings is 2. The average molecular weight is 433 g/mol. The molecular formula is C25H28N4OS. The average Bonchev–Trinajstić information content (AvgIpc) is 2.83. The molecule has 1 atom stereocenters. The summed E-state index contributed by atoms with van der Waals surface area (Å²) in [6, 6.07) is 20.6. The summed E-state index contributed by atoms with van der Waals surface area (Å²) >= 11 is 1.62. The van der Waals surface area contributed by atoms with Crippen molar-refractivity contribution in [1.82, 2.24) is 15.3 Å². The van der Waals surface area contributed by atoms with E-state index >= 15 is 0 Å². The fourth-order valence-corrected chi connectivity index (χ4v) is 4.79. The summed E-state index contributed by atoms with van der Waals surface area (Å²) in [7, 11) is 0. The van der Waals surface area contributed by atoms with Crippen LogP contribution in [0.25, 0.3) is 0 Å². The molecule has 4 rings (SSSR count). The van der Waals surface area contributed by atoms with E-state index in [4.69, 9.17) is 0 Å². The third-order valence-corrected chi connectivity index (χ3v) is 6.47. The molecule has 2 heterocycles. The standard InChI is InChI=1S/C25H28N4OS/c30-24(27-15-7-11-20-9-3-1-4-10-20)21-12-8-18-29(19-21)23-25(28-17-16-26-23)31-22-13-5-2-6-14-22/h1-6,9-10,13-14,16-17,21H,7-8,11-12,15,18-19H2,(H,27,30)/t21-/m1/s1. The molecule has 1 N–H and O–H groups in total. The van der Waals surface area contributed by atoms with Gasteiger partial charge in [-0.15, -0.1) is 0 Å². The van der Waals surface area contributed by atoms with E-state index in [0.717, 1.165) is 48.0 Å². The van der Waals surface area contributed by atoms with Crippen molar-refractivity contribution < 1.29 is 4.79 Å². The highest BCUT2D eigenvalue weighted by Crippen LogP contribution is 2.33. The summed E-state index contributed by atoms with van der Waals surface area (Å²) in [5, 5.41) is 4.03. The molecule has 0 radical (unpaired) electrons. The van der Waals surface area contributed by atoms with Gasteiger partial charge in [0.25, 0.3) is 0 Å². The first kappa shape index (κ1) is 21.4. The molecule has 0 spiro atoms. The Bertz CT molecular complexity index is 968. The molecule has 1 aliphatic heterocycles. The predicted molar refractivity (Wildman–Crippen MR) is 125 cm³/mol. The van der Waals surface area contributed by atoms with Gasteiger partial charge in [0.15, 0.2) is 5.82 Å². The van der Waals surface area contributed by atoms with Crippen LogP contribution >= 0.6 is 11.8 Å². The summed E-state index contributed by atoms with van der Waals surface area (Å²) in [5.74, 6) is 1.01. The fourth-order valence-electron chi connectivity index (χ4n) is 3.88. The van der Waals surface area contributed by atoms with Gasteiger partial charge in [-0.1, -0.05) is 60.3 Å². The molecule has 0 saturated carbocycles. The third kappa shape index (κ3) is 6.07. The number of carbonyl (C=O) groups excluding carboxylic acids is 1. The molecule has 1 aliphatic rings. The maximum atomic E-state index is 12.8. The number of rotatable bonds is 8. The minimum Gasteiger partial charge on any atom is -0.356 e. The third-order valence-electron chi connectivity index (χ3n) is 5.48. The van der Waals surface area contributed by atoms with Crippen LogP contribution in [0.2, 0.25) is 0 Å². The lowest BCUT2D eigenvalue weighted by Crippen LogP contribution is -2.43. The minimum absolute atomic E-state index is 0.0120. The molecule has 1 fully saturated rings. The first-order valence-electron chi connectivity index (χ1n) is 10.9. The van der Waals surface area contributed by atoms with Gasteiger partial charge in [-0.2, -0.15) is 0 Å². The van der Waals surface area contributed by atoms with Crippen LogP contribution in [0.15, 0.2) is 83.0 Å². The van der Waals surface area contributed by atoms with Crippen molar-refractivity contribution in [2.75, 3.05) is 24.5 Å². The number of carbonyl (C=O) groups is 1. The van der Waals surface area contributed by atoms with E-state index in [1.54, 1.807) is 24.2 Å². The lowest BCUT2D eigenvalue weighted by Gasteiger charge is -2.33. The van der Waals surface area contributed by atoms with Crippen LogP contribution in [-0.4, -0.2) is 35.5 Å². The topological polar surface area (TPSA) is 58.1 Å². The molecule has 6 heteroatoms. The summed E-state index contributed by atoms with van der Waals surface area (Å²) in [6.07, 6.45) is 7.30. The predicted octanol–water partition coefficient (Wildman–Crippen LogP) is 4.59. The molecule has 1 saturated heterocycles. The second kappa shape index (κ2) is 11.0. The molecule has 0 aliphatic carbocycles. The molecule has 160 valence electrons. The zero-order valence-electron chi connectivity index (χ0n) is 17.6. The van der Waals surface area contributed by atoms with E-state index in [9.17, 15) is 4.79 Å². The van der Waals surface area contributed by atoms with Gasteiger partial charge in [0.2, 0.25) is 5.91 Å². The van der Waals surface area contributed by atoms with E-state index in [1.165, 1.54) is 5.56 Å². The maximum Gasteiger partial charge on any atom is 0.224 e. The van der Waals surface area contributed by atoms with E-state index in [2.05, 4.69) is 56.6 Å². The molecular weight excluding hydrogens is 404 g/mol. The molecule has 2 aromatic carbocycles. The zero-order chi connectivity index (χ0) is 21.3. The molecule has 1 amide bonds. The van der Waals surface area contributed by atoms with Gasteiger partial charge < -0.3 is 10.2 Å². The van der Waals surface area contributed by atoms with Gasteiger partial charge in [-0.25, -0.2) is 9.97 Å². The van der Waals surface area contributed by atoms with Gasteiger partial charge in [0.05, 0.1) is 5.92 Å². The highest BCUT2D eigenvalue weighted by atomic mass is 32.2. The van der Waals surface area contributed by atoms with Crippen molar-refractivity contribution >= 4 is 23.5 Å². The van der Waals surface area contributed by atoms with Crippen molar-refractivity contribution in [3.8, 4) is 0 Å². The number of aromatic nitrogens is 2. The Kier molecular flexibility index (Phi) is 7.56. The van der Waals surface area contributed by atoms with Crippen molar-refractivity contribution in [3.63, 3.8) is 0 Å². The van der Waals surface area contributed by atoms with Crippen LogP contribution < -0.4 is 10.2 Å². The minimum atomic E-state index is -0.0120. The number of hydrogen-bond donors (Lipinski definition) is 1. The number of anilines is 1. The summed E-state index contributed by atoms with van der Waals surface area (Å²) in [6.45, 7) is 2.30. The van der Waals surface area contributed by atoms with Crippen LogP contribution in [0.5, 0.6) is 0 Å². The number of aryl methyl sites for hydroxylation is 1. The Labute approximate surface area is 188 Å². The number of nitrogens with zero attached hydrogens (tertiary/aromatic N) is 3. The molecule has 0 bridgehead atoms. The smallest absolute Gasteiger partial charge is 0.224 e. The molecule has 3 aromatic rings. The van der Waals surface area contributed by atoms with Crippen LogP contribution in [0, 0.1) is 5.92 Å². The Morgan fingerprint density at radius 3 is 2.58 bits per heavy atom. The Morgan fingerprint density at radius 1 is 1.03 bits per heavy atom. The van der Waals surface area contributed by atoms with E-state index in [-0.39, 0.29) is 11.8 Å². The van der Waals surface area contributed by atoms with Gasteiger partial charge in [-0.05, 0) is 43.4 Å². The van der Waals surface area contributed by atoms with Crippen LogP contribution in [0.4, 0.5) is 5.82 Å². The Balaban J connectivity index is 1.32. The summed E-state index contributed by atoms with van der Waals surface area (Å²) in [5.41, 5.74) is 1.31. The van der Waals surface area contributed by atoms with Gasteiger partial charge in [0.1, 0.15) is 5.03 Å². The maximum absolute atomic E-state index is 12.8. The second-order valence-electron chi connectivity index (χ2n) is 7.77. The Morgan fingerprint density at radius 2 is 1.77 bits per heavy atom. The molecule has 0 unspecified atom stereocenters. The molecule has 31 heavy (non-hydrogen) atoms. The first-order chi connectivity index (χ1) is 15.3. The number of piperidine rings is 1. The van der Waals surface area contributed by atoms with Crippen molar-refractivity contribution in [1.29, 1.82) is 0 Å². The van der Waals surface area contributed by atoms with Crippen LogP contribution in [-0.2, 0) is 11.2 Å². The monoisotopic (exact) mass is 432 g/mol. The van der Waals surface area contributed by atoms with E-state index < -0.39 is 0 Å². The first-order valence-corrected chi connectivity index (χ1v) is 11.7. The van der Waals surface area contributed by atoms with Crippen molar-refractivity contribution in [2.24, 2.45) is 5.92 Å². The Hall–Kier alpha value is -2.86. The molecule has 1 aromatic heterocycles. The number of hydrogen-bond acceptors (Lipinski definition) is 5. The highest BCUT2D eigenvalue weighted by molar-refractivity contribution is 7.99. The highest BCUT2D eigenvalue weighted by Gasteiger charge is 2.28. The van der Waals surface area contributed by atoms with Crippen LogP contribution in [0.3, 0.4) is 0 Å². The lowest BCUT2D eigenvalue weighted by molar-refractivity contribution is -0.125. The van der Waals surface area contributed by atoms with Gasteiger partial charge >= 0.3 is 0 Å². The largest absolute Gasteiger partial charge is 0.356 e. The SMILES string of the molecule is O=C(NCCCc1ccccc1)[C@@H]1CCCN(c2nccnc2Sc2ccccc2)C1. The molecule has 5 nitrogen and oxygen atoms in total. The van der Waals surface area contributed by atoms with Gasteiger partial charge in [-0.3, -0.25) is 4.79 Å². The quantitative estimate of drug-likeness (QED) is 0.528. The number of amides is 1. The van der Waals surface area contributed by atoms with Crippen molar-refractivity contribution in [3.05, 3.63) is 78.6 Å². The summed E-state index contributed by atoms with van der Waals surface area (Å²) in [4.78, 5) is 25.3. The fraction of sp³-hybridized carbons (Fsp3) is 0.320. The van der Waals surface area contributed by atoms with Crippen molar-refractivity contribution in [2.45, 2.75) is 35.6 Å². The summed E-state index contributed by atoms with van der Waals surface area (Å²) < 4.78 is 0. The van der Waals surface area contributed by atoms with E-state index in [1.807, 2.05) is 24.3 Å². The van der Waals surface area contributed by atoms with E-state index in [0.29, 0.717) is 13.1 Å². The zero-order valence-corrected chi connectivity index (χ0v) is 18.4. The normalized spacial score (nSPS) is 16.1. The number of nitrogens with one attached hydrogen (secondary N) is 1. The second-order valence-corrected chi connectivity index (χ2v) is 8.83.